The zero-order valence-electron chi connectivity index (χ0n) is 9.17. The molecular formula is C11H9ClN2O2S2. The lowest BCUT2D eigenvalue weighted by molar-refractivity contribution is -0.136. The molecule has 94 valence electrons. The highest BCUT2D eigenvalue weighted by molar-refractivity contribution is 8.00. The Kier molecular flexibility index (Phi) is 4.57. The maximum Gasteiger partial charge on any atom is 0.309 e. The fraction of sp³-hybridized carbons (Fsp3) is 0.182. The summed E-state index contributed by atoms with van der Waals surface area (Å²) in [7, 11) is 0. The molecule has 0 spiro atoms. The van der Waals surface area contributed by atoms with Crippen molar-refractivity contribution in [3.8, 4) is 0 Å². The molecule has 0 saturated heterocycles. The predicted molar refractivity (Wildman–Crippen MR) is 72.3 cm³/mol. The van der Waals surface area contributed by atoms with Gasteiger partial charge in [-0.2, -0.15) is 0 Å². The van der Waals surface area contributed by atoms with Crippen LogP contribution in [0.25, 0.3) is 0 Å². The molecule has 2 rings (SSSR count). The molecule has 2 heterocycles. The molecule has 2 aromatic heterocycles. The average Bonchev–Trinajstić information content (AvgIpc) is 2.75. The van der Waals surface area contributed by atoms with Crippen LogP contribution in [0, 0.1) is 0 Å². The summed E-state index contributed by atoms with van der Waals surface area (Å²) in [4.78, 5) is 18.8. The summed E-state index contributed by atoms with van der Waals surface area (Å²) in [6.45, 7) is 0. The second kappa shape index (κ2) is 6.17. The fourth-order valence-electron chi connectivity index (χ4n) is 1.26. The third-order valence-electron chi connectivity index (χ3n) is 2.05. The first-order valence-corrected chi connectivity index (χ1v) is 7.28. The van der Waals surface area contributed by atoms with Gasteiger partial charge in [-0.3, -0.25) is 4.79 Å². The molecule has 7 heteroatoms. The van der Waals surface area contributed by atoms with Crippen molar-refractivity contribution in [1.82, 2.24) is 9.97 Å². The normalized spacial score (nSPS) is 10.5. The van der Waals surface area contributed by atoms with E-state index >= 15 is 0 Å². The number of aromatic nitrogens is 2. The van der Waals surface area contributed by atoms with E-state index in [0.29, 0.717) is 16.6 Å². The molecule has 0 saturated carbocycles. The van der Waals surface area contributed by atoms with Crippen LogP contribution < -0.4 is 0 Å². The first-order valence-electron chi connectivity index (χ1n) is 5.03. The van der Waals surface area contributed by atoms with Gasteiger partial charge in [0.2, 0.25) is 0 Å². The van der Waals surface area contributed by atoms with Crippen molar-refractivity contribution in [3.63, 3.8) is 0 Å². The van der Waals surface area contributed by atoms with Crippen LogP contribution in [0.5, 0.6) is 0 Å². The van der Waals surface area contributed by atoms with Crippen molar-refractivity contribution in [2.45, 2.75) is 16.5 Å². The smallest absolute Gasteiger partial charge is 0.309 e. The van der Waals surface area contributed by atoms with Gasteiger partial charge in [0, 0.05) is 17.3 Å². The minimum atomic E-state index is -0.868. The van der Waals surface area contributed by atoms with Gasteiger partial charge in [0.15, 0.2) is 0 Å². The van der Waals surface area contributed by atoms with Crippen LogP contribution in [-0.4, -0.2) is 21.0 Å². The van der Waals surface area contributed by atoms with Gasteiger partial charge in [0.05, 0.1) is 12.1 Å². The molecule has 0 unspecified atom stereocenters. The largest absolute Gasteiger partial charge is 0.481 e. The lowest BCUT2D eigenvalue weighted by atomic mass is 10.3. The molecule has 0 fully saturated rings. The number of thiazole rings is 1. The monoisotopic (exact) mass is 300 g/mol. The first-order chi connectivity index (χ1) is 8.65. The van der Waals surface area contributed by atoms with E-state index in [-0.39, 0.29) is 6.42 Å². The van der Waals surface area contributed by atoms with E-state index in [4.69, 9.17) is 16.7 Å². The van der Waals surface area contributed by atoms with E-state index in [1.165, 1.54) is 23.1 Å². The fourth-order valence-corrected chi connectivity index (χ4v) is 3.35. The Balaban J connectivity index is 1.96. The Labute approximate surface area is 117 Å². The van der Waals surface area contributed by atoms with Gasteiger partial charge in [-0.1, -0.05) is 29.4 Å². The highest BCUT2D eigenvalue weighted by atomic mass is 35.5. The number of carboxylic acids is 1. The molecule has 0 aliphatic rings. The van der Waals surface area contributed by atoms with E-state index in [0.717, 1.165) is 9.90 Å². The summed E-state index contributed by atoms with van der Waals surface area (Å²) >= 11 is 8.91. The third kappa shape index (κ3) is 3.69. The molecule has 0 radical (unpaired) electrons. The standard InChI is InChI=1S/C11H9ClN2O2S2/c12-10-7(2-1-3-13-10)5-17-11-14-8(6-18-11)4-9(15)16/h1-3,6H,4-5H2,(H,15,16). The molecule has 0 aliphatic carbocycles. The predicted octanol–water partition coefficient (Wildman–Crippen LogP) is 3.11. The summed E-state index contributed by atoms with van der Waals surface area (Å²) in [6.07, 6.45) is 1.61. The van der Waals surface area contributed by atoms with Gasteiger partial charge < -0.3 is 5.11 Å². The van der Waals surface area contributed by atoms with Gasteiger partial charge in [0.1, 0.15) is 9.49 Å². The topological polar surface area (TPSA) is 63.1 Å². The van der Waals surface area contributed by atoms with Crippen molar-refractivity contribution in [1.29, 1.82) is 0 Å². The number of nitrogens with zero attached hydrogens (tertiary/aromatic N) is 2. The summed E-state index contributed by atoms with van der Waals surface area (Å²) in [6, 6.07) is 3.74. The lowest BCUT2D eigenvalue weighted by Crippen LogP contribution is -1.99. The SMILES string of the molecule is O=C(O)Cc1csc(SCc2cccnc2Cl)n1. The van der Waals surface area contributed by atoms with Crippen molar-refractivity contribution in [2.75, 3.05) is 0 Å². The zero-order chi connectivity index (χ0) is 13.0. The van der Waals surface area contributed by atoms with Gasteiger partial charge in [-0.15, -0.1) is 11.3 Å². The number of pyridine rings is 1. The minimum Gasteiger partial charge on any atom is -0.481 e. The number of thioether (sulfide) groups is 1. The van der Waals surface area contributed by atoms with Crippen LogP contribution in [0.3, 0.4) is 0 Å². The second-order valence-electron chi connectivity index (χ2n) is 3.42. The Hall–Kier alpha value is -1.11. The van der Waals surface area contributed by atoms with Crippen LogP contribution in [0.4, 0.5) is 0 Å². The molecule has 0 aromatic carbocycles. The van der Waals surface area contributed by atoms with Crippen LogP contribution in [-0.2, 0) is 17.0 Å². The van der Waals surface area contributed by atoms with Crippen molar-refractivity contribution < 1.29 is 9.90 Å². The molecule has 2 aromatic rings. The third-order valence-corrected chi connectivity index (χ3v) is 4.51. The molecule has 0 aliphatic heterocycles. The van der Waals surface area contributed by atoms with Crippen LogP contribution in [0.1, 0.15) is 11.3 Å². The number of rotatable bonds is 5. The highest BCUT2D eigenvalue weighted by Gasteiger charge is 2.08. The second-order valence-corrected chi connectivity index (χ2v) is 5.86. The van der Waals surface area contributed by atoms with Crippen LogP contribution in [0.2, 0.25) is 5.15 Å². The van der Waals surface area contributed by atoms with Crippen LogP contribution in [0.15, 0.2) is 28.0 Å². The summed E-state index contributed by atoms with van der Waals surface area (Å²) in [5.74, 6) is -0.195. The van der Waals surface area contributed by atoms with E-state index in [9.17, 15) is 4.79 Å². The quantitative estimate of drug-likeness (QED) is 0.679. The van der Waals surface area contributed by atoms with Crippen LogP contribution >= 0.6 is 34.7 Å². The summed E-state index contributed by atoms with van der Waals surface area (Å²) < 4.78 is 0.839. The first kappa shape index (κ1) is 13.3. The van der Waals surface area contributed by atoms with Gasteiger partial charge in [0.25, 0.3) is 0 Å². The molecule has 1 N–H and O–H groups in total. The maximum atomic E-state index is 10.5. The number of halogens is 1. The van der Waals surface area contributed by atoms with E-state index in [2.05, 4.69) is 9.97 Å². The van der Waals surface area contributed by atoms with Crippen molar-refractivity contribution >= 4 is 40.7 Å². The number of hydrogen-bond acceptors (Lipinski definition) is 5. The van der Waals surface area contributed by atoms with Gasteiger partial charge in [-0.05, 0) is 11.6 Å². The number of hydrogen-bond donors (Lipinski definition) is 1. The minimum absolute atomic E-state index is 0.0370. The van der Waals surface area contributed by atoms with E-state index in [1.807, 2.05) is 12.1 Å². The van der Waals surface area contributed by atoms with Crippen molar-refractivity contribution in [3.05, 3.63) is 40.1 Å². The Morgan fingerprint density at radius 2 is 2.39 bits per heavy atom. The molecule has 0 atom stereocenters. The van der Waals surface area contributed by atoms with Crippen molar-refractivity contribution in [2.24, 2.45) is 0 Å². The number of carbonyl (C=O) groups is 1. The number of aliphatic carboxylic acids is 1. The Bertz CT molecular complexity index is 559. The van der Waals surface area contributed by atoms with Gasteiger partial charge >= 0.3 is 5.97 Å². The van der Waals surface area contributed by atoms with E-state index in [1.54, 1.807) is 11.6 Å². The summed E-state index contributed by atoms with van der Waals surface area (Å²) in [5.41, 5.74) is 1.53. The average molecular weight is 301 g/mol. The highest BCUT2D eigenvalue weighted by Crippen LogP contribution is 2.28. The lowest BCUT2D eigenvalue weighted by Gasteiger charge is -2.00. The van der Waals surface area contributed by atoms with Gasteiger partial charge in [-0.25, -0.2) is 9.97 Å². The Morgan fingerprint density at radius 3 is 3.11 bits per heavy atom. The molecule has 4 nitrogen and oxygen atoms in total. The molecular weight excluding hydrogens is 292 g/mol. The maximum absolute atomic E-state index is 10.5. The molecule has 0 bridgehead atoms. The summed E-state index contributed by atoms with van der Waals surface area (Å²) in [5, 5.41) is 10.9. The Morgan fingerprint density at radius 1 is 1.56 bits per heavy atom. The molecule has 18 heavy (non-hydrogen) atoms. The van der Waals surface area contributed by atoms with E-state index < -0.39 is 5.97 Å². The molecule has 0 amide bonds. The number of carboxylic acid groups (broad SMARTS) is 1. The zero-order valence-corrected chi connectivity index (χ0v) is 11.6.